The predicted octanol–water partition coefficient (Wildman–Crippen LogP) is 3.97. The molecular formula is C22H28FNO4. The van der Waals surface area contributed by atoms with Gasteiger partial charge in [0.25, 0.3) is 0 Å². The van der Waals surface area contributed by atoms with Gasteiger partial charge in [0.15, 0.2) is 0 Å². The fourth-order valence-corrected chi connectivity index (χ4v) is 4.92. The Labute approximate surface area is 164 Å². The topological polar surface area (TPSA) is 66.8 Å². The summed E-state index contributed by atoms with van der Waals surface area (Å²) < 4.78 is 19.8. The lowest BCUT2D eigenvalue weighted by Gasteiger charge is -2.38. The summed E-state index contributed by atoms with van der Waals surface area (Å²) in [6.45, 7) is 1.59. The van der Waals surface area contributed by atoms with Crippen LogP contribution in [0.25, 0.3) is 0 Å². The summed E-state index contributed by atoms with van der Waals surface area (Å²) in [5.74, 6) is -0.165. The Morgan fingerprint density at radius 2 is 1.93 bits per heavy atom. The van der Waals surface area contributed by atoms with Crippen LogP contribution in [-0.4, -0.2) is 41.6 Å². The molecule has 0 spiro atoms. The first-order chi connectivity index (χ1) is 13.5. The van der Waals surface area contributed by atoms with Gasteiger partial charge in [0, 0.05) is 24.6 Å². The third-order valence-electron chi connectivity index (χ3n) is 6.84. The highest BCUT2D eigenvalue weighted by molar-refractivity contribution is 6.02. The number of rotatable bonds is 6. The van der Waals surface area contributed by atoms with Gasteiger partial charge in [-0.15, -0.1) is 0 Å². The average Bonchev–Trinajstić information content (AvgIpc) is 3.31. The number of hydrogen-bond acceptors (Lipinski definition) is 3. The van der Waals surface area contributed by atoms with Crippen LogP contribution in [0.2, 0.25) is 0 Å². The Hall–Kier alpha value is -2.11. The van der Waals surface area contributed by atoms with E-state index in [-0.39, 0.29) is 17.6 Å². The normalized spacial score (nSPS) is 24.2. The van der Waals surface area contributed by atoms with Crippen molar-refractivity contribution in [2.45, 2.75) is 57.3 Å². The molecule has 0 bridgehead atoms. The maximum Gasteiger partial charge on any atom is 0.319 e. The Balaban J connectivity index is 1.37. The first-order valence-corrected chi connectivity index (χ1v) is 10.4. The van der Waals surface area contributed by atoms with Crippen molar-refractivity contribution in [2.75, 3.05) is 19.7 Å². The van der Waals surface area contributed by atoms with Crippen LogP contribution in [0.5, 0.6) is 5.75 Å². The number of benzene rings is 1. The minimum atomic E-state index is -1.19. The summed E-state index contributed by atoms with van der Waals surface area (Å²) in [4.78, 5) is 26.0. The van der Waals surface area contributed by atoms with E-state index in [2.05, 4.69) is 0 Å². The van der Waals surface area contributed by atoms with Crippen LogP contribution in [0.3, 0.4) is 0 Å². The number of halogens is 1. The number of carbonyl (C=O) groups excluding carboxylic acids is 1. The van der Waals surface area contributed by atoms with E-state index in [1.807, 2.05) is 0 Å². The first-order valence-electron chi connectivity index (χ1n) is 10.4. The molecular weight excluding hydrogens is 361 g/mol. The maximum absolute atomic E-state index is 13.8. The van der Waals surface area contributed by atoms with E-state index >= 15 is 0 Å². The zero-order valence-corrected chi connectivity index (χ0v) is 16.2. The van der Waals surface area contributed by atoms with Crippen LogP contribution < -0.4 is 4.74 Å². The number of ether oxygens (including phenoxy) is 1. The lowest BCUT2D eigenvalue weighted by atomic mass is 9.68. The van der Waals surface area contributed by atoms with Gasteiger partial charge in [-0.3, -0.25) is 9.59 Å². The molecule has 3 aliphatic rings. The minimum absolute atomic E-state index is 0.177. The first kappa shape index (κ1) is 19.2. The fourth-order valence-electron chi connectivity index (χ4n) is 4.92. The van der Waals surface area contributed by atoms with E-state index in [1.165, 1.54) is 18.9 Å². The largest absolute Gasteiger partial charge is 0.493 e. The number of carboxylic acids is 1. The van der Waals surface area contributed by atoms with Gasteiger partial charge in [0.1, 0.15) is 17.0 Å². The number of carbonyl (C=O) groups is 2. The summed E-state index contributed by atoms with van der Waals surface area (Å²) in [6.07, 6.45) is 6.98. The van der Waals surface area contributed by atoms with Crippen molar-refractivity contribution in [1.82, 2.24) is 4.90 Å². The van der Waals surface area contributed by atoms with Crippen molar-refractivity contribution < 1.29 is 23.8 Å². The molecule has 1 unspecified atom stereocenters. The van der Waals surface area contributed by atoms with Crippen LogP contribution in [0.15, 0.2) is 18.2 Å². The van der Waals surface area contributed by atoms with Crippen molar-refractivity contribution in [3.05, 3.63) is 29.6 Å². The predicted molar refractivity (Wildman–Crippen MR) is 102 cm³/mol. The molecule has 3 fully saturated rings. The van der Waals surface area contributed by atoms with Crippen molar-refractivity contribution in [3.63, 3.8) is 0 Å². The van der Waals surface area contributed by atoms with E-state index in [4.69, 9.17) is 4.74 Å². The second-order valence-corrected chi connectivity index (χ2v) is 8.62. The average molecular weight is 389 g/mol. The van der Waals surface area contributed by atoms with Crippen LogP contribution in [0.1, 0.15) is 62.8 Å². The van der Waals surface area contributed by atoms with Crippen molar-refractivity contribution in [3.8, 4) is 5.75 Å². The number of hydrogen-bond donors (Lipinski definition) is 1. The fraction of sp³-hybridized carbons (Fsp3) is 0.636. The molecule has 28 heavy (non-hydrogen) atoms. The number of aliphatic carboxylic acids is 1. The third kappa shape index (κ3) is 3.49. The standard InChI is InChI=1S/C22H28FNO4/c23-17-6-7-19(18(12-17)16-4-1-2-5-16)28-14-15-8-11-24(13-15)20(25)22(21(26)27)9-3-10-22/h6-7,12,15-16H,1-5,8-11,13-14H2,(H,26,27). The molecule has 1 N–H and O–H groups in total. The molecule has 2 saturated carbocycles. The van der Waals surface area contributed by atoms with Gasteiger partial charge in [-0.05, 0) is 56.2 Å². The highest BCUT2D eigenvalue weighted by Gasteiger charge is 2.53. The summed E-state index contributed by atoms with van der Waals surface area (Å²) >= 11 is 0. The Kier molecular flexibility index (Phi) is 5.30. The molecule has 1 atom stereocenters. The Morgan fingerprint density at radius 1 is 1.18 bits per heavy atom. The quantitative estimate of drug-likeness (QED) is 0.748. The van der Waals surface area contributed by atoms with Crippen molar-refractivity contribution in [1.29, 1.82) is 0 Å². The molecule has 1 aromatic carbocycles. The molecule has 1 heterocycles. The molecule has 0 aromatic heterocycles. The molecule has 6 heteroatoms. The van der Waals surface area contributed by atoms with E-state index in [0.717, 1.165) is 37.0 Å². The van der Waals surface area contributed by atoms with Gasteiger partial charge in [-0.25, -0.2) is 4.39 Å². The second kappa shape index (κ2) is 7.72. The molecule has 4 rings (SSSR count). The van der Waals surface area contributed by atoms with Crippen LogP contribution >= 0.6 is 0 Å². The minimum Gasteiger partial charge on any atom is -0.493 e. The number of nitrogens with zero attached hydrogens (tertiary/aromatic N) is 1. The highest BCUT2D eigenvalue weighted by atomic mass is 19.1. The molecule has 1 saturated heterocycles. The molecule has 0 radical (unpaired) electrons. The zero-order chi connectivity index (χ0) is 19.7. The maximum atomic E-state index is 13.8. The zero-order valence-electron chi connectivity index (χ0n) is 16.2. The molecule has 152 valence electrons. The third-order valence-corrected chi connectivity index (χ3v) is 6.84. The number of likely N-dealkylation sites (tertiary alicyclic amines) is 1. The lowest BCUT2D eigenvalue weighted by molar-refractivity contribution is -0.167. The van der Waals surface area contributed by atoms with Gasteiger partial charge in [-0.2, -0.15) is 0 Å². The van der Waals surface area contributed by atoms with E-state index in [1.54, 1.807) is 17.0 Å². The molecule has 5 nitrogen and oxygen atoms in total. The Morgan fingerprint density at radius 3 is 2.57 bits per heavy atom. The van der Waals surface area contributed by atoms with Crippen molar-refractivity contribution in [2.24, 2.45) is 11.3 Å². The number of carboxylic acid groups (broad SMARTS) is 1. The van der Waals surface area contributed by atoms with Gasteiger partial charge >= 0.3 is 5.97 Å². The second-order valence-electron chi connectivity index (χ2n) is 8.62. The molecule has 1 aliphatic heterocycles. The van der Waals surface area contributed by atoms with Crippen LogP contribution in [-0.2, 0) is 9.59 Å². The van der Waals surface area contributed by atoms with E-state index in [9.17, 15) is 19.1 Å². The van der Waals surface area contributed by atoms with Crippen LogP contribution in [0.4, 0.5) is 4.39 Å². The van der Waals surface area contributed by atoms with Gasteiger partial charge in [0.05, 0.1) is 6.61 Å². The van der Waals surface area contributed by atoms with Gasteiger partial charge < -0.3 is 14.7 Å². The monoisotopic (exact) mass is 389 g/mol. The molecule has 1 amide bonds. The summed E-state index contributed by atoms with van der Waals surface area (Å²) in [5.41, 5.74) is -0.231. The number of amides is 1. The summed E-state index contributed by atoms with van der Waals surface area (Å²) in [6, 6.07) is 4.75. The highest BCUT2D eigenvalue weighted by Crippen LogP contribution is 2.44. The summed E-state index contributed by atoms with van der Waals surface area (Å²) in [7, 11) is 0. The van der Waals surface area contributed by atoms with E-state index < -0.39 is 11.4 Å². The van der Waals surface area contributed by atoms with Crippen molar-refractivity contribution >= 4 is 11.9 Å². The van der Waals surface area contributed by atoms with Gasteiger partial charge in [-0.1, -0.05) is 19.3 Å². The molecule has 2 aliphatic carbocycles. The Bertz CT molecular complexity index is 755. The van der Waals surface area contributed by atoms with Crippen LogP contribution in [0, 0.1) is 17.2 Å². The van der Waals surface area contributed by atoms with E-state index in [0.29, 0.717) is 38.5 Å². The lowest BCUT2D eigenvalue weighted by Crippen LogP contribution is -2.52. The smallest absolute Gasteiger partial charge is 0.319 e. The summed E-state index contributed by atoms with van der Waals surface area (Å²) in [5, 5.41) is 9.49. The molecule has 1 aromatic rings. The SMILES string of the molecule is O=C(O)C1(C(=O)N2CCC(COc3ccc(F)cc3C3CCCC3)C2)CCC1. The van der Waals surface area contributed by atoms with Gasteiger partial charge in [0.2, 0.25) is 5.91 Å².